The smallest absolute Gasteiger partial charge is 0.416 e. The van der Waals surface area contributed by atoms with Gasteiger partial charge < -0.3 is 10.1 Å². The number of ether oxygens (including phenoxy) is 1. The molecule has 1 aliphatic carbocycles. The lowest BCUT2D eigenvalue weighted by Gasteiger charge is -2.18. The van der Waals surface area contributed by atoms with Crippen molar-refractivity contribution < 1.29 is 22.7 Å². The molecule has 1 saturated carbocycles. The SMILES string of the molecule is COc1cc(C(F)(F)F)cc(SC)c1C(=O)NC1CCCC1. The molecule has 1 fully saturated rings. The highest BCUT2D eigenvalue weighted by Gasteiger charge is 2.33. The van der Waals surface area contributed by atoms with E-state index in [0.29, 0.717) is 0 Å². The summed E-state index contributed by atoms with van der Waals surface area (Å²) in [4.78, 5) is 12.7. The molecule has 0 radical (unpaired) electrons. The number of benzene rings is 1. The van der Waals surface area contributed by atoms with Gasteiger partial charge in [-0.2, -0.15) is 13.2 Å². The highest BCUT2D eigenvalue weighted by Crippen LogP contribution is 2.38. The summed E-state index contributed by atoms with van der Waals surface area (Å²) in [6, 6.07) is 1.97. The second kappa shape index (κ2) is 6.81. The van der Waals surface area contributed by atoms with Gasteiger partial charge in [-0.05, 0) is 31.2 Å². The lowest BCUT2D eigenvalue weighted by Crippen LogP contribution is -2.33. The normalized spacial score (nSPS) is 15.9. The fraction of sp³-hybridized carbons (Fsp3) is 0.533. The van der Waals surface area contributed by atoms with E-state index in [2.05, 4.69) is 5.32 Å². The number of methoxy groups -OCH3 is 1. The molecule has 1 aromatic rings. The van der Waals surface area contributed by atoms with Crippen molar-refractivity contribution in [3.8, 4) is 5.75 Å². The average molecular weight is 333 g/mol. The molecule has 22 heavy (non-hydrogen) atoms. The Bertz CT molecular complexity index is 529. The van der Waals surface area contributed by atoms with Gasteiger partial charge in [0.25, 0.3) is 5.91 Å². The Balaban J connectivity index is 2.38. The minimum Gasteiger partial charge on any atom is -0.496 e. The largest absolute Gasteiger partial charge is 0.496 e. The second-order valence-electron chi connectivity index (χ2n) is 5.21. The van der Waals surface area contributed by atoms with Gasteiger partial charge in [0.05, 0.1) is 18.2 Å². The Hall–Kier alpha value is -1.37. The van der Waals surface area contributed by atoms with Crippen LogP contribution in [0.2, 0.25) is 0 Å². The van der Waals surface area contributed by atoms with Gasteiger partial charge in [-0.15, -0.1) is 11.8 Å². The molecule has 0 aliphatic heterocycles. The molecule has 2 rings (SSSR count). The Morgan fingerprint density at radius 3 is 2.45 bits per heavy atom. The van der Waals surface area contributed by atoms with E-state index in [1.807, 2.05) is 0 Å². The number of halogens is 3. The number of carbonyl (C=O) groups excluding carboxylic acids is 1. The van der Waals surface area contributed by atoms with Crippen LogP contribution in [0.4, 0.5) is 13.2 Å². The van der Waals surface area contributed by atoms with Gasteiger partial charge in [-0.1, -0.05) is 12.8 Å². The molecular formula is C15H18F3NO2S. The van der Waals surface area contributed by atoms with E-state index in [1.165, 1.54) is 7.11 Å². The first-order valence-electron chi connectivity index (χ1n) is 7.01. The fourth-order valence-corrected chi connectivity index (χ4v) is 3.27. The first-order valence-corrected chi connectivity index (χ1v) is 8.23. The predicted molar refractivity (Wildman–Crippen MR) is 79.5 cm³/mol. The minimum atomic E-state index is -4.47. The van der Waals surface area contributed by atoms with E-state index >= 15 is 0 Å². The van der Waals surface area contributed by atoms with Crippen LogP contribution in [0.15, 0.2) is 17.0 Å². The highest BCUT2D eigenvalue weighted by atomic mass is 32.2. The Morgan fingerprint density at radius 1 is 1.32 bits per heavy atom. The maximum atomic E-state index is 12.9. The third-order valence-corrected chi connectivity index (χ3v) is 4.51. The van der Waals surface area contributed by atoms with Crippen molar-refractivity contribution >= 4 is 17.7 Å². The molecule has 0 saturated heterocycles. The molecule has 1 aliphatic rings. The maximum Gasteiger partial charge on any atom is 0.416 e. The van der Waals surface area contributed by atoms with Gasteiger partial charge in [0.2, 0.25) is 0 Å². The van der Waals surface area contributed by atoms with E-state index < -0.39 is 11.7 Å². The van der Waals surface area contributed by atoms with Crippen molar-refractivity contribution in [3.05, 3.63) is 23.3 Å². The van der Waals surface area contributed by atoms with Crippen LogP contribution in [0, 0.1) is 0 Å². The van der Waals surface area contributed by atoms with Gasteiger partial charge in [-0.3, -0.25) is 4.79 Å². The zero-order valence-electron chi connectivity index (χ0n) is 12.4. The zero-order valence-corrected chi connectivity index (χ0v) is 13.2. The summed E-state index contributed by atoms with van der Waals surface area (Å²) in [7, 11) is 1.27. The first kappa shape index (κ1) is 17.0. The fourth-order valence-electron chi connectivity index (χ4n) is 2.63. The average Bonchev–Trinajstić information content (AvgIpc) is 2.97. The molecular weight excluding hydrogens is 315 g/mol. The van der Waals surface area contributed by atoms with Crippen LogP contribution in [0.1, 0.15) is 41.6 Å². The molecule has 1 aromatic carbocycles. The molecule has 7 heteroatoms. The number of alkyl halides is 3. The Morgan fingerprint density at radius 2 is 1.95 bits per heavy atom. The standard InChI is InChI=1S/C15H18F3NO2S/c1-21-11-7-9(15(16,17)18)8-12(22-2)13(11)14(20)19-10-5-3-4-6-10/h7-8,10H,3-6H2,1-2H3,(H,19,20). The second-order valence-corrected chi connectivity index (χ2v) is 6.06. The van der Waals surface area contributed by atoms with Crippen LogP contribution in [-0.4, -0.2) is 25.3 Å². The molecule has 122 valence electrons. The molecule has 1 amide bonds. The Kier molecular flexibility index (Phi) is 5.26. The summed E-state index contributed by atoms with van der Waals surface area (Å²) in [6.45, 7) is 0. The number of carbonyl (C=O) groups is 1. The van der Waals surface area contributed by atoms with Crippen LogP contribution in [0.25, 0.3) is 0 Å². The number of nitrogens with one attached hydrogen (secondary N) is 1. The summed E-state index contributed by atoms with van der Waals surface area (Å²) in [5.41, 5.74) is -0.638. The molecule has 0 aromatic heterocycles. The van der Waals surface area contributed by atoms with E-state index in [1.54, 1.807) is 6.26 Å². The van der Waals surface area contributed by atoms with Crippen molar-refractivity contribution in [3.63, 3.8) is 0 Å². The summed E-state index contributed by atoms with van der Waals surface area (Å²) >= 11 is 1.10. The lowest BCUT2D eigenvalue weighted by atomic mass is 10.1. The molecule has 0 atom stereocenters. The first-order chi connectivity index (χ1) is 10.4. The van der Waals surface area contributed by atoms with E-state index in [4.69, 9.17) is 4.74 Å². The van der Waals surface area contributed by atoms with Gasteiger partial charge in [0.1, 0.15) is 5.75 Å². The lowest BCUT2D eigenvalue weighted by molar-refractivity contribution is -0.137. The van der Waals surface area contributed by atoms with Crippen LogP contribution in [0.3, 0.4) is 0 Å². The van der Waals surface area contributed by atoms with Crippen molar-refractivity contribution in [1.29, 1.82) is 0 Å². The van der Waals surface area contributed by atoms with Crippen molar-refractivity contribution in [2.75, 3.05) is 13.4 Å². The Labute approximate surface area is 131 Å². The topological polar surface area (TPSA) is 38.3 Å². The van der Waals surface area contributed by atoms with Crippen molar-refractivity contribution in [1.82, 2.24) is 5.32 Å². The van der Waals surface area contributed by atoms with Crippen LogP contribution < -0.4 is 10.1 Å². The van der Waals surface area contributed by atoms with E-state index in [-0.39, 0.29) is 28.2 Å². The molecule has 3 nitrogen and oxygen atoms in total. The molecule has 0 heterocycles. The molecule has 0 bridgehead atoms. The van der Waals surface area contributed by atoms with E-state index in [9.17, 15) is 18.0 Å². The number of hydrogen-bond acceptors (Lipinski definition) is 3. The highest BCUT2D eigenvalue weighted by molar-refractivity contribution is 7.98. The molecule has 0 unspecified atom stereocenters. The molecule has 1 N–H and O–H groups in total. The quantitative estimate of drug-likeness (QED) is 0.843. The van der Waals surface area contributed by atoms with Crippen molar-refractivity contribution in [2.24, 2.45) is 0 Å². The number of thioether (sulfide) groups is 1. The third kappa shape index (κ3) is 3.69. The summed E-state index contributed by atoms with van der Waals surface area (Å²) < 4.78 is 43.8. The summed E-state index contributed by atoms with van der Waals surface area (Å²) in [5, 5.41) is 2.89. The third-order valence-electron chi connectivity index (χ3n) is 3.75. The van der Waals surface area contributed by atoms with Crippen molar-refractivity contribution in [2.45, 2.75) is 42.8 Å². The van der Waals surface area contributed by atoms with E-state index in [0.717, 1.165) is 49.6 Å². The summed E-state index contributed by atoms with van der Waals surface area (Å²) in [6.07, 6.45) is 1.10. The predicted octanol–water partition coefficient (Wildman–Crippen LogP) is 4.11. The van der Waals surface area contributed by atoms with Gasteiger partial charge in [0.15, 0.2) is 0 Å². The van der Waals surface area contributed by atoms with Crippen LogP contribution >= 0.6 is 11.8 Å². The minimum absolute atomic E-state index is 0.0466. The zero-order chi connectivity index (χ0) is 16.3. The van der Waals surface area contributed by atoms with Crippen LogP contribution in [-0.2, 0) is 6.18 Å². The number of rotatable bonds is 4. The summed E-state index contributed by atoms with van der Waals surface area (Å²) in [5.74, 6) is -0.420. The molecule has 0 spiro atoms. The maximum absolute atomic E-state index is 12.9. The number of amides is 1. The van der Waals surface area contributed by atoms with Crippen LogP contribution in [0.5, 0.6) is 5.75 Å². The monoisotopic (exact) mass is 333 g/mol. The van der Waals surface area contributed by atoms with Gasteiger partial charge >= 0.3 is 6.18 Å². The number of hydrogen-bond donors (Lipinski definition) is 1. The van der Waals surface area contributed by atoms with Gasteiger partial charge in [-0.25, -0.2) is 0 Å². The van der Waals surface area contributed by atoms with Gasteiger partial charge in [0, 0.05) is 10.9 Å².